The van der Waals surface area contributed by atoms with Gasteiger partial charge in [0.25, 0.3) is 19.6 Å². The maximum atomic E-state index is 13.5. The first-order chi connectivity index (χ1) is 67.8. The topological polar surface area (TPSA) is 373 Å². The average molecular weight is 2020 g/mol. The van der Waals surface area contributed by atoms with Crippen molar-refractivity contribution in [2.45, 2.75) is 266 Å². The van der Waals surface area contributed by atoms with E-state index in [-0.39, 0.29) is 79.7 Å². The summed E-state index contributed by atoms with van der Waals surface area (Å²) in [7, 11) is 3.78. The first-order valence-electron chi connectivity index (χ1n) is 47.7. The van der Waals surface area contributed by atoms with Crippen molar-refractivity contribution >= 4 is 17.0 Å². The van der Waals surface area contributed by atoms with Gasteiger partial charge in [-0.25, -0.2) is 30.2 Å². The number of hydrogen-bond acceptors (Lipinski definition) is 28. The van der Waals surface area contributed by atoms with Gasteiger partial charge in [-0.15, -0.1) is 23.0 Å². The number of aromatic nitrogens is 8. The van der Waals surface area contributed by atoms with Gasteiger partial charge in [0, 0.05) is 99.3 Å². The summed E-state index contributed by atoms with van der Waals surface area (Å²) >= 11 is 0. The lowest BCUT2D eigenvalue weighted by Crippen LogP contribution is -2.43. The van der Waals surface area contributed by atoms with Crippen LogP contribution in [0.5, 0.6) is 23.0 Å². The third kappa shape index (κ3) is 36.8. The van der Waals surface area contributed by atoms with Gasteiger partial charge in [-0.3, -0.25) is 28.7 Å². The van der Waals surface area contributed by atoms with Gasteiger partial charge in [0.15, 0.2) is 27.2 Å². The van der Waals surface area contributed by atoms with Crippen LogP contribution in [0.4, 0.5) is 0 Å². The van der Waals surface area contributed by atoms with Crippen LogP contribution < -0.4 is 46.8 Å². The lowest BCUT2D eigenvalue weighted by Gasteiger charge is -2.45. The number of aliphatic hydroxyl groups is 1. The van der Waals surface area contributed by atoms with E-state index in [1.165, 1.54) is 40.0 Å². The van der Waals surface area contributed by atoms with Crippen molar-refractivity contribution in [1.29, 1.82) is 5.26 Å². The van der Waals surface area contributed by atoms with Gasteiger partial charge in [-0.05, 0) is 191 Å². The summed E-state index contributed by atoms with van der Waals surface area (Å²) < 4.78 is 102. The molecule has 782 valence electrons. The van der Waals surface area contributed by atoms with E-state index in [1.807, 2.05) is 158 Å². The lowest BCUT2D eigenvalue weighted by atomic mass is 9.80. The first-order valence-corrected chi connectivity index (χ1v) is 50.0. The molecule has 0 amide bonds. The zero-order chi connectivity index (χ0) is 103. The fourth-order valence-electron chi connectivity index (χ4n) is 16.4. The highest BCUT2D eigenvalue weighted by atomic mass is 31.2. The molecule has 2 saturated heterocycles. The average Bonchev–Trinajstić information content (AvgIpc) is 1.49. The van der Waals surface area contributed by atoms with Crippen molar-refractivity contribution in [2.75, 3.05) is 101 Å². The van der Waals surface area contributed by atoms with Crippen LogP contribution in [0.2, 0.25) is 0 Å². The van der Waals surface area contributed by atoms with Crippen LogP contribution >= 0.6 is 17.0 Å². The fraction of sp³-hybridized carbons (Fsp3) is 0.523. The van der Waals surface area contributed by atoms with E-state index in [0.717, 1.165) is 33.4 Å². The van der Waals surface area contributed by atoms with E-state index in [1.54, 1.807) is 28.4 Å². The van der Waals surface area contributed by atoms with Crippen LogP contribution in [0, 0.1) is 42.6 Å². The summed E-state index contributed by atoms with van der Waals surface area (Å²) in [5.41, 5.74) is 0.0613. The smallest absolute Gasteiger partial charge is 0.330 e. The summed E-state index contributed by atoms with van der Waals surface area (Å²) in [6.45, 7) is 44.4. The van der Waals surface area contributed by atoms with Crippen LogP contribution in [0.15, 0.2) is 208 Å². The van der Waals surface area contributed by atoms with Gasteiger partial charge in [-0.1, -0.05) is 169 Å². The van der Waals surface area contributed by atoms with E-state index in [0.29, 0.717) is 111 Å². The Balaban J connectivity index is 0.000000386. The summed E-state index contributed by atoms with van der Waals surface area (Å²) in [5, 5.41) is 35.9. The number of terminal acetylenes is 2. The van der Waals surface area contributed by atoms with E-state index >= 15 is 0 Å². The minimum atomic E-state index is -1.83. The molecule has 2 fully saturated rings. The summed E-state index contributed by atoms with van der Waals surface area (Å²) in [6, 6.07) is 57.8. The molecule has 0 radical (unpaired) electrons. The molecule has 2 aliphatic rings. The zero-order valence-electron chi connectivity index (χ0n) is 85.2. The Labute approximate surface area is 848 Å². The summed E-state index contributed by atoms with van der Waals surface area (Å²) in [5.74, 6) is 7.62. The molecule has 0 spiro atoms. The SMILES string of the molecule is C.C.C#CCOCCCCOC1C(O)C(COC(c2ccccc2)(c2ccc(OC)cc2)c2ccc(OC)cc2)OC1n1ccc(=O)[nH]c1=O.CC(C)N(C(C)C)P(OCCC#N)N(C(C)C)C(C)C.CC(C)NC(C)C.[C-]#[N+]CCOP(OC1C(COC(c2ccccc2)(c2ccc(OC)cc2)c2ccc(OC)cc2)OC(n2ccc(=O)[nH]c2=O)C1OCCCCOCC#C)N(C(C)C)C(C)C.c1nn[nH]n1. The number of rotatable bonds is 51. The fourth-order valence-corrected chi connectivity index (χ4v) is 20.5. The van der Waals surface area contributed by atoms with Gasteiger partial charge >= 0.3 is 11.4 Å². The minimum absolute atomic E-state index is 0. The molecule has 2 aliphatic heterocycles. The highest BCUT2D eigenvalue weighted by Gasteiger charge is 2.53. The monoisotopic (exact) mass is 2020 g/mol. The van der Waals surface area contributed by atoms with E-state index in [9.17, 15) is 24.3 Å². The third-order valence-electron chi connectivity index (χ3n) is 22.2. The molecule has 5 N–H and O–H groups in total. The molecule has 9 unspecified atom stereocenters. The number of nitriles is 1. The number of unbranched alkanes of at least 4 members (excludes halogenated alkanes) is 2. The molecule has 9 aromatic rings. The third-order valence-corrected chi connectivity index (χ3v) is 27.4. The van der Waals surface area contributed by atoms with E-state index < -0.39 is 99.8 Å². The molecular weight excluding hydrogens is 1860 g/mol. The van der Waals surface area contributed by atoms with Crippen molar-refractivity contribution in [2.24, 2.45) is 0 Å². The number of methoxy groups -OCH3 is 4. The summed E-state index contributed by atoms with van der Waals surface area (Å²) in [6.07, 6.45) is 9.88. The Morgan fingerprint density at radius 3 is 1.20 bits per heavy atom. The Hall–Kier alpha value is -10.7. The number of ether oxygens (including phenoxy) is 12. The van der Waals surface area contributed by atoms with Crippen molar-refractivity contribution < 1.29 is 75.5 Å². The molecule has 36 heteroatoms. The normalized spacial score (nSPS) is 16.8. The number of nitrogens with one attached hydrogen (secondary N) is 4. The quantitative estimate of drug-likeness (QED) is 0.00777. The zero-order valence-corrected chi connectivity index (χ0v) is 87.0. The largest absolute Gasteiger partial charge is 0.497 e. The first kappa shape index (κ1) is 123. The Morgan fingerprint density at radius 2 is 0.867 bits per heavy atom. The van der Waals surface area contributed by atoms with Crippen LogP contribution in [0.3, 0.4) is 0 Å². The van der Waals surface area contributed by atoms with Crippen LogP contribution in [0.1, 0.15) is 204 Å². The molecule has 9 atom stereocenters. The molecule has 0 saturated carbocycles. The number of benzene rings is 6. The maximum Gasteiger partial charge on any atom is 0.330 e. The lowest BCUT2D eigenvalue weighted by molar-refractivity contribution is -0.0983. The number of aliphatic hydroxyl groups excluding tert-OH is 1. The van der Waals surface area contributed by atoms with Crippen molar-refractivity contribution in [3.63, 3.8) is 0 Å². The Bertz CT molecular complexity index is 5260. The van der Waals surface area contributed by atoms with Gasteiger partial charge in [0.2, 0.25) is 6.54 Å². The number of H-pyrrole nitrogens is 3. The second kappa shape index (κ2) is 64.9. The molecule has 143 heavy (non-hydrogen) atoms. The van der Waals surface area contributed by atoms with E-state index in [4.69, 9.17) is 95.1 Å². The Morgan fingerprint density at radius 1 is 0.497 bits per heavy atom. The van der Waals surface area contributed by atoms with Crippen molar-refractivity contribution in [1.82, 2.24) is 59.1 Å². The van der Waals surface area contributed by atoms with Gasteiger partial charge in [0.05, 0.1) is 60.7 Å². The van der Waals surface area contributed by atoms with Crippen molar-refractivity contribution in [3.05, 3.63) is 275 Å². The number of hydrogen-bond donors (Lipinski definition) is 5. The van der Waals surface area contributed by atoms with Crippen LogP contribution in [0.25, 0.3) is 4.85 Å². The molecule has 0 aliphatic carbocycles. The maximum absolute atomic E-state index is 13.5. The second-order valence-electron chi connectivity index (χ2n) is 35.1. The molecule has 3 aromatic heterocycles. The van der Waals surface area contributed by atoms with Crippen LogP contribution in [-0.4, -0.2) is 245 Å². The van der Waals surface area contributed by atoms with Crippen LogP contribution in [-0.2, 0) is 62.7 Å². The minimum Gasteiger partial charge on any atom is -0.497 e. The molecular formula is C107H154N14O20P2. The number of nitrogens with zero attached hydrogens (tertiary/aromatic N) is 10. The van der Waals surface area contributed by atoms with Gasteiger partial charge in [-0.2, -0.15) is 10.5 Å². The predicted octanol–water partition coefficient (Wildman–Crippen LogP) is 16.8. The molecule has 6 aromatic carbocycles. The Kier molecular flexibility index (Phi) is 55.7. The highest BCUT2D eigenvalue weighted by Crippen LogP contribution is 2.54. The van der Waals surface area contributed by atoms with Gasteiger partial charge < -0.3 is 85.7 Å². The highest BCUT2D eigenvalue weighted by molar-refractivity contribution is 7.47. The molecule has 34 nitrogen and oxygen atoms in total. The standard InChI is InChI=1S/C46H57N4O10P.C37H40N2O9.C15H32N3OP.C6H15N.CH2N4.2CH4/c1-9-28-55-29-13-14-30-56-43-42(60-61(58-31-26-47-6)50(33(2)3)34(4)5)40(59-44(43)49-27-25-41(51)48-45(49)52)32-57-46(35-15-11-10-12-16-35,36-17-21-38(53-7)22-18-36)37-19-23-39(54-8)24-20-37;1-4-22-45-23-8-9-24-46-34-33(41)31(48-35(34)39-21-20-32(40)38-36(39)42)25-47-37(26-10-6-5-7-11-26,27-12-16-29(43-2)17-13-27)28-14-18-30(44-3)19-15-28;1-12(2)17(13(3)4)20(19-11-9-10-16)18(14(5)6)15(7)8;1-5(2)7-6(3)4;1-2-4-5-3-1;;/h1,10-12,15-25,27,33-34,40,42-44H,13-14,26,28-32H2,2-5,7-8H3,(H,48,51,52);1,5-7,10-21,31,33-35,41H,8-9,22-25H2,2-3H3,(H,38,40,42);12-15H,9,11H2,1-8H3;5-7H,1-4H3;1H,(H,2,3,4,5);2*1H4. The van der Waals surface area contributed by atoms with Crippen molar-refractivity contribution in [3.8, 4) is 53.8 Å². The summed E-state index contributed by atoms with van der Waals surface area (Å²) in [4.78, 5) is 58.6. The van der Waals surface area contributed by atoms with E-state index in [2.05, 4.69) is 183 Å². The second-order valence-corrected chi connectivity index (χ2v) is 38.2. The van der Waals surface area contributed by atoms with Gasteiger partial charge in [0.1, 0.15) is 90.6 Å². The molecule has 11 rings (SSSR count). The molecule has 5 heterocycles. The number of aromatic amines is 3. The molecule has 0 bridgehead atoms. The number of tetrazole rings is 1. The predicted molar refractivity (Wildman–Crippen MR) is 560 cm³/mol.